The molecule has 6 nitrogen and oxygen atoms in total. The topological polar surface area (TPSA) is 65.8 Å². The Morgan fingerprint density at radius 3 is 3.00 bits per heavy atom. The molecular formula is C12H12N4O2S. The first-order chi connectivity index (χ1) is 9.25. The van der Waals surface area contributed by atoms with Crippen LogP contribution in [0.15, 0.2) is 45.0 Å². The van der Waals surface area contributed by atoms with E-state index in [9.17, 15) is 4.79 Å². The van der Waals surface area contributed by atoms with Crippen LogP contribution >= 0.6 is 11.8 Å². The third-order valence-electron chi connectivity index (χ3n) is 2.79. The van der Waals surface area contributed by atoms with E-state index in [1.54, 1.807) is 28.7 Å². The lowest BCUT2D eigenvalue weighted by atomic mass is 10.3. The highest BCUT2D eigenvalue weighted by atomic mass is 32.2. The maximum atomic E-state index is 11.8. The quantitative estimate of drug-likeness (QED) is 0.676. The molecule has 7 heteroatoms. The number of aromatic nitrogens is 4. The highest BCUT2D eigenvalue weighted by Gasteiger charge is 2.08. The van der Waals surface area contributed by atoms with Gasteiger partial charge in [0.25, 0.3) is 0 Å². The zero-order valence-corrected chi connectivity index (χ0v) is 11.1. The van der Waals surface area contributed by atoms with Gasteiger partial charge in [-0.2, -0.15) is 0 Å². The second-order valence-electron chi connectivity index (χ2n) is 4.06. The van der Waals surface area contributed by atoms with E-state index in [0.29, 0.717) is 12.1 Å². The first kappa shape index (κ1) is 12.0. The molecular weight excluding hydrogens is 264 g/mol. The Bertz CT molecular complexity index is 758. The molecule has 0 atom stereocenters. The average Bonchev–Trinajstić information content (AvgIpc) is 2.94. The van der Waals surface area contributed by atoms with Gasteiger partial charge in [0.2, 0.25) is 0 Å². The van der Waals surface area contributed by atoms with Gasteiger partial charge in [-0.3, -0.25) is 4.57 Å². The van der Waals surface area contributed by atoms with Crippen molar-refractivity contribution in [2.45, 2.75) is 11.7 Å². The fraction of sp³-hybridized carbons (Fsp3) is 0.250. The minimum absolute atomic E-state index is 0.320. The summed E-state index contributed by atoms with van der Waals surface area (Å²) in [6.07, 6.45) is 1.65. The van der Waals surface area contributed by atoms with Gasteiger partial charge in [0, 0.05) is 19.3 Å². The molecule has 2 heterocycles. The molecule has 98 valence electrons. The summed E-state index contributed by atoms with van der Waals surface area (Å²) in [6, 6.07) is 7.42. The van der Waals surface area contributed by atoms with Crippen molar-refractivity contribution in [3.63, 3.8) is 0 Å². The van der Waals surface area contributed by atoms with Crippen LogP contribution in [0, 0.1) is 0 Å². The van der Waals surface area contributed by atoms with Gasteiger partial charge in [0.05, 0.1) is 5.52 Å². The summed E-state index contributed by atoms with van der Waals surface area (Å²) in [5.41, 5.74) is 1.45. The summed E-state index contributed by atoms with van der Waals surface area (Å²) in [4.78, 5) is 11.8. The molecule has 3 rings (SSSR count). The van der Waals surface area contributed by atoms with Crippen molar-refractivity contribution in [3.05, 3.63) is 41.1 Å². The minimum atomic E-state index is -0.320. The Balaban J connectivity index is 1.77. The van der Waals surface area contributed by atoms with Crippen molar-refractivity contribution in [1.29, 1.82) is 0 Å². The highest BCUT2D eigenvalue weighted by Crippen LogP contribution is 2.16. The van der Waals surface area contributed by atoms with Crippen LogP contribution in [-0.4, -0.2) is 25.1 Å². The molecule has 0 aliphatic heterocycles. The molecule has 3 aromatic rings. The first-order valence-corrected chi connectivity index (χ1v) is 6.79. The number of rotatable bonds is 4. The van der Waals surface area contributed by atoms with E-state index in [4.69, 9.17) is 4.42 Å². The Labute approximate surface area is 113 Å². The van der Waals surface area contributed by atoms with Crippen molar-refractivity contribution in [2.75, 3.05) is 5.75 Å². The molecule has 0 aliphatic rings. The predicted molar refractivity (Wildman–Crippen MR) is 72.2 cm³/mol. The number of para-hydroxylation sites is 2. The minimum Gasteiger partial charge on any atom is -0.408 e. The van der Waals surface area contributed by atoms with Gasteiger partial charge in [-0.05, 0) is 12.1 Å². The molecule has 1 aromatic carbocycles. The zero-order chi connectivity index (χ0) is 13.2. The third kappa shape index (κ3) is 2.28. The van der Waals surface area contributed by atoms with Crippen LogP contribution in [0.3, 0.4) is 0 Å². The maximum absolute atomic E-state index is 11.8. The van der Waals surface area contributed by atoms with Gasteiger partial charge < -0.3 is 8.98 Å². The number of benzene rings is 1. The molecule has 0 amide bonds. The van der Waals surface area contributed by atoms with E-state index in [0.717, 1.165) is 16.4 Å². The molecule has 0 unspecified atom stereocenters. The third-order valence-corrected chi connectivity index (χ3v) is 3.80. The van der Waals surface area contributed by atoms with Crippen molar-refractivity contribution in [3.8, 4) is 0 Å². The van der Waals surface area contributed by atoms with Crippen LogP contribution in [0.5, 0.6) is 0 Å². The van der Waals surface area contributed by atoms with E-state index in [2.05, 4.69) is 10.2 Å². The van der Waals surface area contributed by atoms with Crippen molar-refractivity contribution < 1.29 is 4.42 Å². The molecule has 2 aromatic heterocycles. The summed E-state index contributed by atoms with van der Waals surface area (Å²) in [7, 11) is 1.89. The molecule has 0 saturated heterocycles. The van der Waals surface area contributed by atoms with Crippen LogP contribution in [0.1, 0.15) is 0 Å². The van der Waals surface area contributed by atoms with Crippen molar-refractivity contribution in [1.82, 2.24) is 19.3 Å². The van der Waals surface area contributed by atoms with E-state index >= 15 is 0 Å². The number of aryl methyl sites for hydroxylation is 2. The number of fused-ring (bicyclic) bond motifs is 1. The lowest BCUT2D eigenvalue weighted by molar-refractivity contribution is 0.514. The maximum Gasteiger partial charge on any atom is 0.419 e. The van der Waals surface area contributed by atoms with Crippen LogP contribution in [0.25, 0.3) is 11.1 Å². The molecule has 0 fully saturated rings. The normalized spacial score (nSPS) is 11.2. The van der Waals surface area contributed by atoms with E-state index < -0.39 is 0 Å². The molecule has 0 N–H and O–H groups in total. The molecule has 0 saturated carbocycles. The smallest absolute Gasteiger partial charge is 0.408 e. The molecule has 0 spiro atoms. The average molecular weight is 276 g/mol. The molecule has 19 heavy (non-hydrogen) atoms. The van der Waals surface area contributed by atoms with Crippen LogP contribution < -0.4 is 5.76 Å². The number of nitrogens with zero attached hydrogens (tertiary/aromatic N) is 4. The lowest BCUT2D eigenvalue weighted by Gasteiger charge is -2.01. The fourth-order valence-corrected chi connectivity index (χ4v) is 2.67. The van der Waals surface area contributed by atoms with Gasteiger partial charge in [-0.25, -0.2) is 4.79 Å². The summed E-state index contributed by atoms with van der Waals surface area (Å²) < 4.78 is 8.66. The summed E-state index contributed by atoms with van der Waals surface area (Å²) in [6.45, 7) is 0.577. The van der Waals surface area contributed by atoms with Crippen molar-refractivity contribution >= 4 is 22.9 Å². The Morgan fingerprint density at radius 2 is 2.21 bits per heavy atom. The van der Waals surface area contributed by atoms with Gasteiger partial charge in [-0.15, -0.1) is 10.2 Å². The second-order valence-corrected chi connectivity index (χ2v) is 5.12. The van der Waals surface area contributed by atoms with Crippen LogP contribution in [-0.2, 0) is 13.6 Å². The number of hydrogen-bond donors (Lipinski definition) is 0. The van der Waals surface area contributed by atoms with E-state index in [-0.39, 0.29) is 5.76 Å². The van der Waals surface area contributed by atoms with Crippen LogP contribution in [0.2, 0.25) is 0 Å². The Morgan fingerprint density at radius 1 is 1.37 bits per heavy atom. The second kappa shape index (κ2) is 4.93. The molecule has 0 aliphatic carbocycles. The number of thioether (sulfide) groups is 1. The SMILES string of the molecule is Cn1cnnc1SCCn1c(=O)oc2ccccc21. The standard InChI is InChI=1S/C12H12N4O2S/c1-15-8-13-14-11(15)19-7-6-16-9-4-2-3-5-10(9)18-12(16)17/h2-5,8H,6-7H2,1H3. The monoisotopic (exact) mass is 276 g/mol. The Hall–Kier alpha value is -2.02. The fourth-order valence-electron chi connectivity index (χ4n) is 1.86. The predicted octanol–water partition coefficient (Wildman–Crippen LogP) is 1.52. The molecule has 0 bridgehead atoms. The number of oxazole rings is 1. The van der Waals surface area contributed by atoms with Gasteiger partial charge >= 0.3 is 5.76 Å². The van der Waals surface area contributed by atoms with Gasteiger partial charge in [0.1, 0.15) is 6.33 Å². The van der Waals surface area contributed by atoms with Crippen molar-refractivity contribution in [2.24, 2.45) is 7.05 Å². The largest absolute Gasteiger partial charge is 0.419 e. The Kier molecular flexibility index (Phi) is 3.12. The first-order valence-electron chi connectivity index (χ1n) is 5.81. The summed E-state index contributed by atoms with van der Waals surface area (Å²) in [5, 5.41) is 8.63. The van der Waals surface area contributed by atoms with Gasteiger partial charge in [0.15, 0.2) is 10.7 Å². The number of hydrogen-bond acceptors (Lipinski definition) is 5. The lowest BCUT2D eigenvalue weighted by Crippen LogP contribution is -2.15. The van der Waals surface area contributed by atoms with E-state index in [1.165, 1.54) is 0 Å². The summed E-state index contributed by atoms with van der Waals surface area (Å²) in [5.74, 6) is 0.412. The van der Waals surface area contributed by atoms with E-state index in [1.807, 2.05) is 29.8 Å². The van der Waals surface area contributed by atoms with Gasteiger partial charge in [-0.1, -0.05) is 23.9 Å². The summed E-state index contributed by atoms with van der Waals surface area (Å²) >= 11 is 1.56. The highest BCUT2D eigenvalue weighted by molar-refractivity contribution is 7.99. The van der Waals surface area contributed by atoms with Crippen LogP contribution in [0.4, 0.5) is 0 Å². The molecule has 0 radical (unpaired) electrons. The zero-order valence-electron chi connectivity index (χ0n) is 10.3.